The van der Waals surface area contributed by atoms with Gasteiger partial charge >= 0.3 is 5.97 Å². The zero-order valence-electron chi connectivity index (χ0n) is 9.41. The zero-order valence-corrected chi connectivity index (χ0v) is 9.41. The van der Waals surface area contributed by atoms with Crippen LogP contribution in [-0.2, 0) is 9.53 Å². The number of esters is 1. The topological polar surface area (TPSA) is 72.5 Å². The Morgan fingerprint density at radius 2 is 2.00 bits per heavy atom. The third-order valence-electron chi connectivity index (χ3n) is 1.73. The quantitative estimate of drug-likeness (QED) is 0.663. The Labute approximate surface area is 85.4 Å². The molecule has 0 heterocycles. The van der Waals surface area contributed by atoms with Crippen LogP contribution in [0.1, 0.15) is 40.5 Å². The van der Waals surface area contributed by atoms with E-state index in [0.717, 1.165) is 0 Å². The molecule has 0 saturated heterocycles. The highest BCUT2D eigenvalue weighted by atomic mass is 16.6. The van der Waals surface area contributed by atoms with Crippen LogP contribution in [0.5, 0.6) is 0 Å². The van der Waals surface area contributed by atoms with Gasteiger partial charge in [-0.3, -0.25) is 4.79 Å². The minimum Gasteiger partial charge on any atom is -0.460 e. The van der Waals surface area contributed by atoms with Gasteiger partial charge in [0.05, 0.1) is 12.5 Å². The van der Waals surface area contributed by atoms with Gasteiger partial charge in [-0.1, -0.05) is 6.92 Å². The summed E-state index contributed by atoms with van der Waals surface area (Å²) < 4.78 is 5.07. The highest BCUT2D eigenvalue weighted by Crippen LogP contribution is 2.10. The van der Waals surface area contributed by atoms with Crippen molar-refractivity contribution in [2.75, 3.05) is 0 Å². The Morgan fingerprint density at radius 3 is 2.36 bits per heavy atom. The highest BCUT2D eigenvalue weighted by Gasteiger charge is 2.21. The van der Waals surface area contributed by atoms with E-state index < -0.39 is 17.7 Å². The van der Waals surface area contributed by atoms with E-state index in [1.807, 2.05) is 6.92 Å². The fourth-order valence-corrected chi connectivity index (χ4v) is 1.01. The molecule has 4 nitrogen and oxygen atoms in total. The van der Waals surface area contributed by atoms with E-state index >= 15 is 0 Å². The molecule has 0 saturated carbocycles. The third kappa shape index (κ3) is 5.94. The van der Waals surface area contributed by atoms with Gasteiger partial charge < -0.3 is 15.6 Å². The van der Waals surface area contributed by atoms with Crippen LogP contribution in [0.2, 0.25) is 0 Å². The van der Waals surface area contributed by atoms with Crippen molar-refractivity contribution in [2.24, 2.45) is 5.73 Å². The maximum atomic E-state index is 11.3. The molecule has 0 aliphatic rings. The molecule has 0 aromatic rings. The summed E-state index contributed by atoms with van der Waals surface area (Å²) in [4.78, 5) is 11.3. The standard InChI is InChI=1S/C10H21NO3/c1-5-8(12)7(11)6-9(13)14-10(2,3)4/h7-8,12H,5-6,11H2,1-4H3. The van der Waals surface area contributed by atoms with Crippen LogP contribution in [0.15, 0.2) is 0 Å². The number of nitrogens with two attached hydrogens (primary N) is 1. The number of carbonyl (C=O) groups excluding carboxylic acids is 1. The van der Waals surface area contributed by atoms with Crippen molar-refractivity contribution in [1.29, 1.82) is 0 Å². The van der Waals surface area contributed by atoms with Crippen molar-refractivity contribution in [1.82, 2.24) is 0 Å². The molecule has 14 heavy (non-hydrogen) atoms. The normalized spacial score (nSPS) is 16.1. The number of ether oxygens (including phenoxy) is 1. The first kappa shape index (κ1) is 13.4. The molecule has 0 aliphatic carbocycles. The summed E-state index contributed by atoms with van der Waals surface area (Å²) in [5.41, 5.74) is 5.10. The summed E-state index contributed by atoms with van der Waals surface area (Å²) in [6.07, 6.45) is -0.0292. The van der Waals surface area contributed by atoms with Crippen molar-refractivity contribution in [3.05, 3.63) is 0 Å². The second-order valence-electron chi connectivity index (χ2n) is 4.43. The van der Waals surface area contributed by atoms with Gasteiger partial charge in [0.15, 0.2) is 0 Å². The van der Waals surface area contributed by atoms with Gasteiger partial charge in [0.25, 0.3) is 0 Å². The molecule has 0 radical (unpaired) electrons. The first-order valence-electron chi connectivity index (χ1n) is 4.91. The number of hydrogen-bond acceptors (Lipinski definition) is 4. The summed E-state index contributed by atoms with van der Waals surface area (Å²) in [5, 5.41) is 9.34. The van der Waals surface area contributed by atoms with Gasteiger partial charge in [-0.2, -0.15) is 0 Å². The maximum absolute atomic E-state index is 11.3. The predicted molar refractivity (Wildman–Crippen MR) is 54.7 cm³/mol. The summed E-state index contributed by atoms with van der Waals surface area (Å²) in [7, 11) is 0. The number of hydrogen-bond donors (Lipinski definition) is 2. The minimum atomic E-state index is -0.637. The van der Waals surface area contributed by atoms with E-state index in [4.69, 9.17) is 10.5 Å². The molecule has 3 N–H and O–H groups in total. The fourth-order valence-electron chi connectivity index (χ4n) is 1.01. The van der Waals surface area contributed by atoms with Gasteiger partial charge in [0.1, 0.15) is 5.60 Å². The molecule has 0 aromatic heterocycles. The molecule has 0 fully saturated rings. The van der Waals surface area contributed by atoms with Crippen molar-refractivity contribution < 1.29 is 14.6 Å². The van der Waals surface area contributed by atoms with Crippen LogP contribution in [0.3, 0.4) is 0 Å². The van der Waals surface area contributed by atoms with Crippen molar-refractivity contribution in [3.63, 3.8) is 0 Å². The maximum Gasteiger partial charge on any atom is 0.307 e. The predicted octanol–water partition coefficient (Wildman–Crippen LogP) is 0.816. The van der Waals surface area contributed by atoms with Crippen molar-refractivity contribution in [3.8, 4) is 0 Å². The Kier molecular flexibility index (Phi) is 5.08. The average Bonchev–Trinajstić information content (AvgIpc) is 1.99. The van der Waals surface area contributed by atoms with Gasteiger partial charge in [-0.15, -0.1) is 0 Å². The Balaban J connectivity index is 3.95. The third-order valence-corrected chi connectivity index (χ3v) is 1.73. The lowest BCUT2D eigenvalue weighted by molar-refractivity contribution is -0.155. The number of carbonyl (C=O) groups is 1. The fraction of sp³-hybridized carbons (Fsp3) is 0.900. The summed E-state index contributed by atoms with van der Waals surface area (Å²) in [5.74, 6) is -0.363. The summed E-state index contributed by atoms with van der Waals surface area (Å²) >= 11 is 0. The summed E-state index contributed by atoms with van der Waals surface area (Å²) in [6, 6.07) is -0.533. The largest absolute Gasteiger partial charge is 0.460 e. The SMILES string of the molecule is CCC(O)C(N)CC(=O)OC(C)(C)C. The van der Waals surface area contributed by atoms with Crippen molar-refractivity contribution >= 4 is 5.97 Å². The summed E-state index contributed by atoms with van der Waals surface area (Å²) in [6.45, 7) is 7.21. The molecule has 0 aromatic carbocycles. The average molecular weight is 203 g/mol. The first-order chi connectivity index (χ1) is 6.26. The molecular weight excluding hydrogens is 182 g/mol. The minimum absolute atomic E-state index is 0.0618. The molecule has 2 unspecified atom stereocenters. The molecular formula is C10H21NO3. The molecule has 0 aliphatic heterocycles. The van der Waals surface area contributed by atoms with E-state index in [9.17, 15) is 9.90 Å². The molecule has 0 rings (SSSR count). The number of rotatable bonds is 4. The van der Waals surface area contributed by atoms with Gasteiger partial charge in [0.2, 0.25) is 0 Å². The van der Waals surface area contributed by atoms with E-state index in [2.05, 4.69) is 0 Å². The molecule has 0 bridgehead atoms. The molecule has 2 atom stereocenters. The van der Waals surface area contributed by atoms with Crippen LogP contribution in [0.4, 0.5) is 0 Å². The van der Waals surface area contributed by atoms with Gasteiger partial charge in [0, 0.05) is 6.04 Å². The highest BCUT2D eigenvalue weighted by molar-refractivity contribution is 5.70. The van der Waals surface area contributed by atoms with Gasteiger partial charge in [-0.25, -0.2) is 0 Å². The number of aliphatic hydroxyl groups excluding tert-OH is 1. The lowest BCUT2D eigenvalue weighted by atomic mass is 10.1. The second kappa shape index (κ2) is 5.32. The van der Waals surface area contributed by atoms with E-state index in [-0.39, 0.29) is 12.4 Å². The monoisotopic (exact) mass is 203 g/mol. The zero-order chi connectivity index (χ0) is 11.4. The van der Waals surface area contributed by atoms with Crippen molar-refractivity contribution in [2.45, 2.75) is 58.3 Å². The second-order valence-corrected chi connectivity index (χ2v) is 4.43. The van der Waals surface area contributed by atoms with E-state index in [0.29, 0.717) is 6.42 Å². The van der Waals surface area contributed by atoms with Crippen LogP contribution in [-0.4, -0.2) is 28.8 Å². The Morgan fingerprint density at radius 1 is 1.50 bits per heavy atom. The lowest BCUT2D eigenvalue weighted by Crippen LogP contribution is -2.38. The van der Waals surface area contributed by atoms with E-state index in [1.54, 1.807) is 20.8 Å². The molecule has 0 amide bonds. The lowest BCUT2D eigenvalue weighted by Gasteiger charge is -2.22. The Hall–Kier alpha value is -0.610. The van der Waals surface area contributed by atoms with Gasteiger partial charge in [-0.05, 0) is 27.2 Å². The molecule has 0 spiro atoms. The number of aliphatic hydroxyl groups is 1. The van der Waals surface area contributed by atoms with Crippen LogP contribution in [0.25, 0.3) is 0 Å². The smallest absolute Gasteiger partial charge is 0.307 e. The molecule has 84 valence electrons. The van der Waals surface area contributed by atoms with Crippen LogP contribution in [0, 0.1) is 0 Å². The van der Waals surface area contributed by atoms with Crippen LogP contribution < -0.4 is 5.73 Å². The molecule has 4 heteroatoms. The Bertz CT molecular complexity index is 186. The van der Waals surface area contributed by atoms with E-state index in [1.165, 1.54) is 0 Å². The van der Waals surface area contributed by atoms with Crippen LogP contribution >= 0.6 is 0 Å². The first-order valence-corrected chi connectivity index (χ1v) is 4.91.